The Balaban J connectivity index is 0.000000224. The number of fused-ring (bicyclic) bond motifs is 4. The van der Waals surface area contributed by atoms with Crippen LogP contribution in [-0.2, 0) is 121 Å². The van der Waals surface area contributed by atoms with Crippen molar-refractivity contribution >= 4 is 72.9 Å². The molecule has 2 aromatic carbocycles. The fraction of sp³-hybridized carbons (Fsp3) is 0.353. The van der Waals surface area contributed by atoms with Gasteiger partial charge in [-0.25, -0.2) is 9.97 Å². The molecule has 6 aromatic rings. The number of ether oxygens (including phenoxy) is 6. The molecule has 12 atom stereocenters. The zero-order valence-electron chi connectivity index (χ0n) is 36.0. The molecule has 31 nitrogen and oxygen atoms in total. The standard InChI is InChI=1S/C17H19N6O7P.C17H18N5O7P.2H3O3P.2Y/c18-8-3-1-7(2-4-8)16-29-11-9(5-27-31(25)26)28-15(12(11)30-16)23-6-20-10-13(23)21-17(19)22-14(10)24;18-17-20-13-10(14(23)21-17)19-7-22(13)15-12-11(9(27-15)6-26-30(24)25)28-16(29-12)8-4-2-1-3-5-8;2*1-4(2)3;;/h1-4,6,9,11-12,15-16,31H,5,18H2,(H,25,26)(H3,19,21,22,24);1-5,7,9,11-12,15-16,30H,6H2,(H,24,25)(H3,18,20,21,23);2*4H,(H2,1,2,3);;/t2*9-,11?,12?,15-,16?;;;;/m11..../s1. The van der Waals surface area contributed by atoms with Gasteiger partial charge >= 0.3 is 33.0 Å². The van der Waals surface area contributed by atoms with Gasteiger partial charge in [0.15, 0.2) is 47.4 Å². The second kappa shape index (κ2) is 26.5. The molecule has 0 amide bonds. The van der Waals surface area contributed by atoms with Gasteiger partial charge in [-0.15, -0.1) is 0 Å². The smallest absolute Gasteiger partial charge is 0.316 e. The van der Waals surface area contributed by atoms with Gasteiger partial charge in [0.2, 0.25) is 11.9 Å². The largest absolute Gasteiger partial charge is 0.399 e. The average Bonchev–Trinajstić information content (AvgIpc) is 4.14. The molecule has 37 heteroatoms. The molecule has 0 bridgehead atoms. The third kappa shape index (κ3) is 14.7. The summed E-state index contributed by atoms with van der Waals surface area (Å²) in [6, 6.07) is 16.4. The number of hydrogen-bond acceptors (Lipinski definition) is 21. The first-order valence-electron chi connectivity index (χ1n) is 19.7. The zero-order valence-corrected chi connectivity index (χ0v) is 45.7. The molecule has 0 aliphatic carbocycles. The van der Waals surface area contributed by atoms with Crippen molar-refractivity contribution in [3.8, 4) is 0 Å². The molecule has 71 heavy (non-hydrogen) atoms. The molecule has 10 rings (SSSR count). The Morgan fingerprint density at radius 1 is 0.563 bits per heavy atom. The summed E-state index contributed by atoms with van der Waals surface area (Å²) in [6.45, 7) is -0.355. The number of hydrogen-bond donors (Lipinski definition) is 11. The number of nitrogens with one attached hydrogen (secondary N) is 2. The Bertz CT molecular complexity index is 2940. The average molecular weight is 1230 g/mol. The Morgan fingerprint density at radius 3 is 1.31 bits per heavy atom. The Kier molecular flexibility index (Phi) is 22.1. The molecule has 8 heterocycles. The van der Waals surface area contributed by atoms with E-state index in [0.717, 1.165) is 11.1 Å². The molecule has 8 unspecified atom stereocenters. The van der Waals surface area contributed by atoms with Crippen molar-refractivity contribution in [2.45, 2.75) is 61.7 Å². The molecule has 14 N–H and O–H groups in total. The molecular formula is C34H43N11O20P4Y2. The van der Waals surface area contributed by atoms with Crippen LogP contribution in [0.3, 0.4) is 0 Å². The third-order valence-electron chi connectivity index (χ3n) is 10.2. The summed E-state index contributed by atoms with van der Waals surface area (Å²) in [4.78, 5) is 92.3. The van der Waals surface area contributed by atoms with Crippen LogP contribution in [-0.4, -0.2) is 118 Å². The van der Waals surface area contributed by atoms with E-state index in [1.54, 1.807) is 24.3 Å². The minimum absolute atomic E-state index is 0. The van der Waals surface area contributed by atoms with Crippen LogP contribution in [0.15, 0.2) is 76.8 Å². The van der Waals surface area contributed by atoms with Crippen LogP contribution in [0.4, 0.5) is 17.6 Å². The predicted octanol–water partition coefficient (Wildman–Crippen LogP) is -0.740. The minimum atomic E-state index is -3.17. The van der Waals surface area contributed by atoms with E-state index in [1.807, 2.05) is 30.3 Å². The molecule has 0 saturated carbocycles. The summed E-state index contributed by atoms with van der Waals surface area (Å²) in [5.74, 6) is -0.135. The summed E-state index contributed by atoms with van der Waals surface area (Å²) >= 11 is 0. The first kappa shape index (κ1) is 59.0. The number of aromatic nitrogens is 8. The van der Waals surface area contributed by atoms with Gasteiger partial charge in [0.25, 0.3) is 11.1 Å². The number of benzene rings is 2. The number of rotatable bonds is 10. The number of aromatic amines is 2. The molecule has 4 aliphatic heterocycles. The maximum Gasteiger partial charge on any atom is 0.316 e. The summed E-state index contributed by atoms with van der Waals surface area (Å²) in [5, 5.41) is 0. The molecule has 4 saturated heterocycles. The quantitative estimate of drug-likeness (QED) is 0.0594. The van der Waals surface area contributed by atoms with Crippen molar-refractivity contribution in [3.63, 3.8) is 0 Å². The van der Waals surface area contributed by atoms with E-state index in [4.69, 9.17) is 93.2 Å². The third-order valence-corrected chi connectivity index (χ3v) is 11.0. The fourth-order valence-electron chi connectivity index (χ4n) is 7.53. The first-order chi connectivity index (χ1) is 32.9. The van der Waals surface area contributed by atoms with Gasteiger partial charge in [0, 0.05) is 82.2 Å². The van der Waals surface area contributed by atoms with Gasteiger partial charge in [-0.05, 0) is 12.1 Å². The minimum Gasteiger partial charge on any atom is -0.399 e. The monoisotopic (exact) mass is 1230 g/mol. The van der Waals surface area contributed by atoms with Crippen LogP contribution < -0.4 is 28.3 Å². The summed E-state index contributed by atoms with van der Waals surface area (Å²) in [7, 11) is -12.6. The normalized spacial score (nSPS) is 25.9. The second-order valence-electron chi connectivity index (χ2n) is 14.5. The van der Waals surface area contributed by atoms with Gasteiger partial charge in [-0.2, -0.15) is 9.97 Å². The van der Waals surface area contributed by atoms with Crippen LogP contribution in [0, 0.1) is 0 Å². The summed E-state index contributed by atoms with van der Waals surface area (Å²) < 4.78 is 88.8. The Labute approximate surface area is 450 Å². The topological polar surface area (TPSA) is 469 Å². The number of imidazole rings is 2. The van der Waals surface area contributed by atoms with Crippen LogP contribution in [0.5, 0.6) is 0 Å². The van der Waals surface area contributed by atoms with E-state index < -0.39 is 106 Å². The molecule has 4 fully saturated rings. The van der Waals surface area contributed by atoms with E-state index >= 15 is 0 Å². The van der Waals surface area contributed by atoms with E-state index in [0.29, 0.717) is 5.69 Å². The zero-order chi connectivity index (χ0) is 49.7. The summed E-state index contributed by atoms with van der Waals surface area (Å²) in [6.07, 6.45) is -3.99. The fourth-order valence-corrected chi connectivity index (χ4v) is 8.14. The molecule has 4 aliphatic rings. The van der Waals surface area contributed by atoms with Crippen molar-refractivity contribution in [1.29, 1.82) is 0 Å². The molecule has 380 valence electrons. The van der Waals surface area contributed by atoms with Crippen molar-refractivity contribution in [3.05, 3.63) is 99.1 Å². The van der Waals surface area contributed by atoms with Crippen molar-refractivity contribution in [2.75, 3.05) is 30.4 Å². The first-order valence-corrected chi connectivity index (χ1v) is 24.8. The summed E-state index contributed by atoms with van der Waals surface area (Å²) in [5.41, 5.74) is 18.9. The van der Waals surface area contributed by atoms with E-state index in [-0.39, 0.29) is 113 Å². The van der Waals surface area contributed by atoms with Gasteiger partial charge < -0.3 is 84.0 Å². The Hall–Kier alpha value is -2.89. The van der Waals surface area contributed by atoms with Crippen molar-refractivity contribution < 1.29 is 151 Å². The number of H-pyrrole nitrogens is 2. The van der Waals surface area contributed by atoms with Crippen LogP contribution in [0.1, 0.15) is 36.2 Å². The van der Waals surface area contributed by atoms with Crippen LogP contribution in [0.2, 0.25) is 0 Å². The SMILES string of the molecule is Nc1ccc(C2OC3C(O2)[C@@H](CO[PH](=O)O)O[C@H]3n2cnc3c(=O)[nH]c(N)nc32)cc1.Nc1nc2c(ncn2[C@@H]2O[C@H](CO[PH](=O)O)C3OC(c4ccccc4)OC32)c(=O)[nH]1.O=[PH](O)O.O=[PH](O)O.[Y].[Y]. The van der Waals surface area contributed by atoms with E-state index in [1.165, 1.54) is 21.8 Å². The van der Waals surface area contributed by atoms with Gasteiger partial charge in [0.05, 0.1) is 25.9 Å². The predicted molar refractivity (Wildman–Crippen MR) is 236 cm³/mol. The second-order valence-corrected chi connectivity index (χ2v) is 17.3. The van der Waals surface area contributed by atoms with Crippen molar-refractivity contribution in [2.24, 2.45) is 0 Å². The van der Waals surface area contributed by atoms with Gasteiger partial charge in [0.1, 0.15) is 36.6 Å². The van der Waals surface area contributed by atoms with E-state index in [2.05, 4.69) is 29.9 Å². The maximum absolute atomic E-state index is 12.1. The number of anilines is 3. The maximum atomic E-state index is 12.1. The molecule has 0 spiro atoms. The number of nitrogens with two attached hydrogens (primary N) is 3. The molecule has 2 radical (unpaired) electrons. The van der Waals surface area contributed by atoms with Crippen LogP contribution >= 0.6 is 33.0 Å². The number of nitrogen functional groups attached to an aromatic ring is 3. The molecule has 4 aromatic heterocycles. The van der Waals surface area contributed by atoms with Gasteiger partial charge in [-0.3, -0.25) is 47.0 Å². The van der Waals surface area contributed by atoms with Gasteiger partial charge in [-0.1, -0.05) is 42.5 Å². The van der Waals surface area contributed by atoms with E-state index in [9.17, 15) is 18.7 Å². The molecular weight excluding hydrogens is 1180 g/mol. The number of nitrogens with zero attached hydrogens (tertiary/aromatic N) is 6. The Morgan fingerprint density at radius 2 is 0.930 bits per heavy atom. The van der Waals surface area contributed by atoms with Crippen molar-refractivity contribution in [1.82, 2.24) is 39.0 Å². The van der Waals surface area contributed by atoms with Crippen LogP contribution in [0.25, 0.3) is 22.3 Å².